The number of hydrogen-bond acceptors (Lipinski definition) is 3. The Bertz CT molecular complexity index is 371. The van der Waals surface area contributed by atoms with Crippen molar-refractivity contribution in [2.75, 3.05) is 12.4 Å². The molecule has 0 saturated carbocycles. The highest BCUT2D eigenvalue weighted by molar-refractivity contribution is 7.99. The molecule has 4 heteroatoms. The normalized spacial score (nSPS) is 13.0. The van der Waals surface area contributed by atoms with Crippen molar-refractivity contribution in [1.29, 1.82) is 0 Å². The molecule has 0 saturated heterocycles. The molecule has 102 valence electrons. The average Bonchev–Trinajstić information content (AvgIpc) is 2.34. The fourth-order valence-electron chi connectivity index (χ4n) is 1.38. The van der Waals surface area contributed by atoms with Gasteiger partial charge < -0.3 is 10.4 Å². The summed E-state index contributed by atoms with van der Waals surface area (Å²) >= 11 is 1.46. The third-order valence-electron chi connectivity index (χ3n) is 2.55. The summed E-state index contributed by atoms with van der Waals surface area (Å²) in [7, 11) is 0. The largest absolute Gasteiger partial charge is 0.396 e. The Morgan fingerprint density at radius 3 is 2.61 bits per heavy atom. The van der Waals surface area contributed by atoms with Crippen molar-refractivity contribution < 1.29 is 9.50 Å². The van der Waals surface area contributed by atoms with Gasteiger partial charge in [-0.2, -0.15) is 0 Å². The zero-order chi connectivity index (χ0) is 13.5. The molecule has 0 aliphatic rings. The molecule has 0 fully saturated rings. The van der Waals surface area contributed by atoms with Crippen LogP contribution in [0, 0.1) is 11.7 Å². The summed E-state index contributed by atoms with van der Waals surface area (Å²) in [5, 5.41) is 12.2. The third kappa shape index (κ3) is 5.38. The number of aliphatic hydroxyl groups excluding tert-OH is 1. The monoisotopic (exact) mass is 271 g/mol. The highest BCUT2D eigenvalue weighted by Gasteiger charge is 2.07. The third-order valence-corrected chi connectivity index (χ3v) is 3.92. The van der Waals surface area contributed by atoms with E-state index in [-0.39, 0.29) is 18.3 Å². The minimum atomic E-state index is -0.173. The highest BCUT2D eigenvalue weighted by Crippen LogP contribution is 2.24. The first-order valence-electron chi connectivity index (χ1n) is 6.28. The Kier molecular flexibility index (Phi) is 6.68. The van der Waals surface area contributed by atoms with Gasteiger partial charge in [-0.3, -0.25) is 0 Å². The Hall–Kier alpha value is -0.580. The van der Waals surface area contributed by atoms with Gasteiger partial charge in [0.25, 0.3) is 0 Å². The van der Waals surface area contributed by atoms with Crippen molar-refractivity contribution in [3.63, 3.8) is 0 Å². The first kappa shape index (κ1) is 15.5. The summed E-state index contributed by atoms with van der Waals surface area (Å²) in [6.07, 6.45) is 0. The molecule has 1 aromatic rings. The molecule has 1 rings (SSSR count). The van der Waals surface area contributed by atoms with E-state index < -0.39 is 0 Å². The summed E-state index contributed by atoms with van der Waals surface area (Å²) in [5.41, 5.74) is 0.959. The topological polar surface area (TPSA) is 32.3 Å². The molecule has 0 aromatic heterocycles. The molecule has 0 spiro atoms. The molecule has 0 aliphatic carbocycles. The van der Waals surface area contributed by atoms with E-state index in [0.717, 1.165) is 11.3 Å². The van der Waals surface area contributed by atoms with E-state index in [2.05, 4.69) is 19.2 Å². The zero-order valence-corrected chi connectivity index (χ0v) is 12.1. The van der Waals surface area contributed by atoms with E-state index in [1.165, 1.54) is 11.8 Å². The molecule has 1 unspecified atom stereocenters. The Balaban J connectivity index is 2.56. The first-order chi connectivity index (χ1) is 8.52. The van der Waals surface area contributed by atoms with E-state index in [0.29, 0.717) is 17.5 Å². The number of nitrogens with one attached hydrogen (secondary N) is 1. The van der Waals surface area contributed by atoms with Crippen molar-refractivity contribution in [2.24, 2.45) is 5.92 Å². The van der Waals surface area contributed by atoms with Crippen LogP contribution in [-0.2, 0) is 6.54 Å². The number of thioether (sulfide) groups is 1. The summed E-state index contributed by atoms with van der Waals surface area (Å²) in [6.45, 7) is 6.91. The van der Waals surface area contributed by atoms with Crippen molar-refractivity contribution in [3.05, 3.63) is 29.6 Å². The maximum Gasteiger partial charge on any atom is 0.137 e. The number of aliphatic hydroxyl groups is 1. The lowest BCUT2D eigenvalue weighted by Crippen LogP contribution is -2.21. The predicted octanol–water partition coefficient (Wildman–Crippen LogP) is 3.04. The molecule has 0 amide bonds. The lowest BCUT2D eigenvalue weighted by atomic mass is 10.2. The van der Waals surface area contributed by atoms with Crippen LogP contribution in [0.15, 0.2) is 23.1 Å². The maximum absolute atomic E-state index is 13.8. The lowest BCUT2D eigenvalue weighted by Gasteiger charge is -2.11. The van der Waals surface area contributed by atoms with Gasteiger partial charge in [0.1, 0.15) is 5.82 Å². The van der Waals surface area contributed by atoms with Gasteiger partial charge in [0.15, 0.2) is 0 Å². The van der Waals surface area contributed by atoms with Crippen LogP contribution >= 0.6 is 11.8 Å². The van der Waals surface area contributed by atoms with Gasteiger partial charge in [-0.25, -0.2) is 4.39 Å². The molecule has 1 aromatic carbocycles. The molecule has 0 aliphatic heterocycles. The van der Waals surface area contributed by atoms with Gasteiger partial charge in [-0.1, -0.05) is 26.8 Å². The molecule has 0 bridgehead atoms. The average molecular weight is 271 g/mol. The Morgan fingerprint density at radius 2 is 2.06 bits per heavy atom. The van der Waals surface area contributed by atoms with E-state index in [4.69, 9.17) is 5.11 Å². The van der Waals surface area contributed by atoms with E-state index in [1.54, 1.807) is 6.07 Å². The highest BCUT2D eigenvalue weighted by atomic mass is 32.2. The minimum absolute atomic E-state index is 0.144. The van der Waals surface area contributed by atoms with Crippen molar-refractivity contribution in [2.45, 2.75) is 38.3 Å². The van der Waals surface area contributed by atoms with E-state index in [1.807, 2.05) is 19.1 Å². The van der Waals surface area contributed by atoms with Crippen molar-refractivity contribution in [3.8, 4) is 0 Å². The van der Waals surface area contributed by atoms with Gasteiger partial charge in [0.2, 0.25) is 0 Å². The number of benzene rings is 1. The standard InChI is InChI=1S/C14H22FNOS/c1-10(2)16-7-12-4-5-14(13(15)6-12)18-9-11(3)8-17/h4-6,10-11,16-17H,7-9H2,1-3H3. The number of rotatable bonds is 7. The number of hydrogen-bond donors (Lipinski definition) is 2. The van der Waals surface area contributed by atoms with Gasteiger partial charge >= 0.3 is 0 Å². The fraction of sp³-hybridized carbons (Fsp3) is 0.571. The maximum atomic E-state index is 13.8. The SMILES string of the molecule is CC(CO)CSc1ccc(CNC(C)C)cc1F. The summed E-state index contributed by atoms with van der Waals surface area (Å²) < 4.78 is 13.8. The predicted molar refractivity (Wildman–Crippen MR) is 75.3 cm³/mol. The van der Waals surface area contributed by atoms with Crippen LogP contribution in [0.25, 0.3) is 0 Å². The van der Waals surface area contributed by atoms with Crippen LogP contribution in [0.2, 0.25) is 0 Å². The van der Waals surface area contributed by atoms with Crippen LogP contribution in [-0.4, -0.2) is 23.5 Å². The van der Waals surface area contributed by atoms with Gasteiger partial charge in [-0.15, -0.1) is 11.8 Å². The molecule has 18 heavy (non-hydrogen) atoms. The molecule has 2 N–H and O–H groups in total. The van der Waals surface area contributed by atoms with Crippen molar-refractivity contribution >= 4 is 11.8 Å². The smallest absolute Gasteiger partial charge is 0.137 e. The second-order valence-electron chi connectivity index (χ2n) is 4.90. The molecule has 1 atom stereocenters. The van der Waals surface area contributed by atoms with Crippen LogP contribution in [0.1, 0.15) is 26.3 Å². The van der Waals surface area contributed by atoms with Crippen LogP contribution in [0.4, 0.5) is 4.39 Å². The molecular formula is C14H22FNOS. The van der Waals surface area contributed by atoms with E-state index in [9.17, 15) is 4.39 Å². The molecule has 0 radical (unpaired) electrons. The Morgan fingerprint density at radius 1 is 1.33 bits per heavy atom. The zero-order valence-electron chi connectivity index (χ0n) is 11.2. The number of halogens is 1. The molecule has 2 nitrogen and oxygen atoms in total. The first-order valence-corrected chi connectivity index (χ1v) is 7.27. The van der Waals surface area contributed by atoms with Crippen LogP contribution in [0.5, 0.6) is 0 Å². The summed E-state index contributed by atoms with van der Waals surface area (Å²) in [4.78, 5) is 0.656. The second kappa shape index (κ2) is 7.77. The van der Waals surface area contributed by atoms with E-state index >= 15 is 0 Å². The molecular weight excluding hydrogens is 249 g/mol. The van der Waals surface area contributed by atoms with Crippen molar-refractivity contribution in [1.82, 2.24) is 5.32 Å². The fourth-order valence-corrected chi connectivity index (χ4v) is 2.31. The van der Waals surface area contributed by atoms with Gasteiger partial charge in [0.05, 0.1) is 0 Å². The Labute approximate surface area is 113 Å². The minimum Gasteiger partial charge on any atom is -0.396 e. The van der Waals surface area contributed by atoms with Gasteiger partial charge in [0, 0.05) is 29.8 Å². The summed E-state index contributed by atoms with van der Waals surface area (Å²) in [6, 6.07) is 5.75. The lowest BCUT2D eigenvalue weighted by molar-refractivity contribution is 0.250. The second-order valence-corrected chi connectivity index (χ2v) is 5.96. The van der Waals surface area contributed by atoms with Gasteiger partial charge in [-0.05, 0) is 23.6 Å². The van der Waals surface area contributed by atoms with Crippen LogP contribution in [0.3, 0.4) is 0 Å². The van der Waals surface area contributed by atoms with Crippen LogP contribution < -0.4 is 5.32 Å². The summed E-state index contributed by atoms with van der Waals surface area (Å²) in [5.74, 6) is 0.752. The molecule has 0 heterocycles. The quantitative estimate of drug-likeness (QED) is 0.748.